The van der Waals surface area contributed by atoms with Gasteiger partial charge in [0.25, 0.3) is 5.56 Å². The third-order valence-electron chi connectivity index (χ3n) is 4.91. The second kappa shape index (κ2) is 8.81. The van der Waals surface area contributed by atoms with Crippen LogP contribution in [0.2, 0.25) is 0 Å². The van der Waals surface area contributed by atoms with Crippen LogP contribution in [0.15, 0.2) is 29.1 Å². The van der Waals surface area contributed by atoms with Crippen LogP contribution in [0, 0.1) is 0 Å². The molecule has 1 heterocycles. The van der Waals surface area contributed by atoms with Crippen molar-refractivity contribution in [3.63, 3.8) is 0 Å². The molecule has 0 spiro atoms. The normalized spacial score (nSPS) is 15.7. The van der Waals surface area contributed by atoms with E-state index in [2.05, 4.69) is 10.4 Å². The smallest absolute Gasteiger partial charge is 0.266 e. The molecule has 0 radical (unpaired) electrons. The summed E-state index contributed by atoms with van der Waals surface area (Å²) in [4.78, 5) is 24.2. The number of nitrogens with zero attached hydrogens (tertiary/aromatic N) is 2. The van der Waals surface area contributed by atoms with E-state index >= 15 is 0 Å². The van der Waals surface area contributed by atoms with E-state index in [9.17, 15) is 9.59 Å². The Kier molecular flexibility index (Phi) is 6.21. The minimum Gasteiger partial charge on any atom is -0.493 e. The zero-order chi connectivity index (χ0) is 21.0. The molecule has 154 valence electrons. The average Bonchev–Trinajstić information content (AvgIpc) is 2.72. The van der Waals surface area contributed by atoms with Crippen LogP contribution in [-0.4, -0.2) is 43.1 Å². The third kappa shape index (κ3) is 4.59. The van der Waals surface area contributed by atoms with Gasteiger partial charge in [0.05, 0.1) is 27.0 Å². The molecule has 8 nitrogen and oxygen atoms in total. The molecule has 1 unspecified atom stereocenters. The predicted octanol–water partition coefficient (Wildman–Crippen LogP) is 1.49. The van der Waals surface area contributed by atoms with E-state index in [-0.39, 0.29) is 17.5 Å². The molecular formula is C21H25N3O5. The van der Waals surface area contributed by atoms with Gasteiger partial charge < -0.3 is 19.5 Å². The molecule has 1 N–H and O–H groups in total. The summed E-state index contributed by atoms with van der Waals surface area (Å²) in [5, 5.41) is 7.29. The number of aryl methyl sites for hydroxylation is 2. The quantitative estimate of drug-likeness (QED) is 0.740. The van der Waals surface area contributed by atoms with Crippen molar-refractivity contribution in [3.05, 3.63) is 51.4 Å². The van der Waals surface area contributed by atoms with Crippen LogP contribution in [0.1, 0.15) is 23.2 Å². The number of aromatic nitrogens is 2. The van der Waals surface area contributed by atoms with Crippen molar-refractivity contribution >= 4 is 12.0 Å². The molecule has 1 aliphatic carbocycles. The Morgan fingerprint density at radius 3 is 2.48 bits per heavy atom. The first-order chi connectivity index (χ1) is 13.9. The van der Waals surface area contributed by atoms with Crippen molar-refractivity contribution in [2.24, 2.45) is 7.05 Å². The Balaban J connectivity index is 1.69. The van der Waals surface area contributed by atoms with Crippen LogP contribution in [0.3, 0.4) is 0 Å². The summed E-state index contributed by atoms with van der Waals surface area (Å²) in [6.45, 7) is 0. The molecule has 1 atom stereocenters. The fourth-order valence-corrected chi connectivity index (χ4v) is 3.43. The number of benzene rings is 1. The second-order valence-electron chi connectivity index (χ2n) is 6.82. The number of nitrogens with one attached hydrogen (secondary N) is 1. The van der Waals surface area contributed by atoms with Crippen molar-refractivity contribution in [1.82, 2.24) is 15.1 Å². The average molecular weight is 399 g/mol. The maximum atomic E-state index is 12.4. The molecule has 0 saturated heterocycles. The highest BCUT2D eigenvalue weighted by Crippen LogP contribution is 2.38. The lowest BCUT2D eigenvalue weighted by Crippen LogP contribution is -2.39. The number of amides is 1. The minimum atomic E-state index is -0.205. The number of carbonyl (C=O) groups is 1. The van der Waals surface area contributed by atoms with Crippen LogP contribution in [-0.2, 0) is 24.7 Å². The molecule has 0 fully saturated rings. The van der Waals surface area contributed by atoms with Crippen LogP contribution in [0.5, 0.6) is 17.2 Å². The summed E-state index contributed by atoms with van der Waals surface area (Å²) in [5.41, 5.74) is 2.43. The van der Waals surface area contributed by atoms with Gasteiger partial charge in [-0.3, -0.25) is 9.59 Å². The van der Waals surface area contributed by atoms with E-state index < -0.39 is 0 Å². The van der Waals surface area contributed by atoms with E-state index in [0.29, 0.717) is 23.7 Å². The molecule has 1 aromatic heterocycles. The summed E-state index contributed by atoms with van der Waals surface area (Å²) >= 11 is 0. The summed E-state index contributed by atoms with van der Waals surface area (Å²) < 4.78 is 17.3. The standard InChI is InChI=1S/C21H25N3O5/c1-24-20(26)12-14-11-15(6-7-16(14)23-24)22-19(25)8-5-13-9-17(27-2)21(29-4)18(10-13)28-3/h5,8-10,12,15H,6-7,11H2,1-4H3,(H,22,25). The van der Waals surface area contributed by atoms with Gasteiger partial charge in [0.1, 0.15) is 0 Å². The second-order valence-corrected chi connectivity index (χ2v) is 6.82. The lowest BCUT2D eigenvalue weighted by molar-refractivity contribution is -0.117. The molecule has 3 rings (SSSR count). The molecule has 8 heteroatoms. The molecule has 0 saturated carbocycles. The van der Waals surface area contributed by atoms with Gasteiger partial charge in [-0.2, -0.15) is 5.10 Å². The number of methoxy groups -OCH3 is 3. The topological polar surface area (TPSA) is 91.7 Å². The largest absolute Gasteiger partial charge is 0.493 e. The zero-order valence-corrected chi connectivity index (χ0v) is 17.0. The maximum Gasteiger partial charge on any atom is 0.266 e. The summed E-state index contributed by atoms with van der Waals surface area (Å²) in [7, 11) is 6.27. The molecule has 1 aromatic carbocycles. The Morgan fingerprint density at radius 2 is 1.86 bits per heavy atom. The molecule has 0 bridgehead atoms. The van der Waals surface area contributed by atoms with Gasteiger partial charge in [-0.15, -0.1) is 0 Å². The highest BCUT2D eigenvalue weighted by atomic mass is 16.5. The Bertz CT molecular complexity index is 971. The van der Waals surface area contributed by atoms with Crippen LogP contribution in [0.4, 0.5) is 0 Å². The number of ether oxygens (including phenoxy) is 3. The molecule has 0 aliphatic heterocycles. The number of hydrogen-bond acceptors (Lipinski definition) is 6. The van der Waals surface area contributed by atoms with E-state index in [0.717, 1.165) is 29.7 Å². The summed E-state index contributed by atoms with van der Waals surface area (Å²) in [6.07, 6.45) is 5.27. The number of hydrogen-bond donors (Lipinski definition) is 1. The van der Waals surface area contributed by atoms with E-state index in [4.69, 9.17) is 14.2 Å². The molecular weight excluding hydrogens is 374 g/mol. The van der Waals surface area contributed by atoms with Gasteiger partial charge in [-0.25, -0.2) is 4.68 Å². The molecule has 2 aromatic rings. The van der Waals surface area contributed by atoms with Crippen molar-refractivity contribution in [2.75, 3.05) is 21.3 Å². The first kappa shape index (κ1) is 20.4. The van der Waals surface area contributed by atoms with Crippen molar-refractivity contribution in [3.8, 4) is 17.2 Å². The Hall–Kier alpha value is -3.29. The van der Waals surface area contributed by atoms with Gasteiger partial charge in [-0.05, 0) is 48.6 Å². The monoisotopic (exact) mass is 399 g/mol. The van der Waals surface area contributed by atoms with Crippen LogP contribution in [0.25, 0.3) is 6.08 Å². The number of rotatable bonds is 6. The SMILES string of the molecule is COc1cc(C=CC(=O)NC2CCc3nn(C)c(=O)cc3C2)cc(OC)c1OC. The number of carbonyl (C=O) groups excluding carboxylic acids is 1. The molecule has 1 amide bonds. The maximum absolute atomic E-state index is 12.4. The van der Waals surface area contributed by atoms with Gasteiger partial charge in [-0.1, -0.05) is 0 Å². The summed E-state index contributed by atoms with van der Waals surface area (Å²) in [5.74, 6) is 1.33. The Morgan fingerprint density at radius 1 is 1.17 bits per heavy atom. The summed E-state index contributed by atoms with van der Waals surface area (Å²) in [6, 6.07) is 5.10. The lowest BCUT2D eigenvalue weighted by Gasteiger charge is -2.24. The highest BCUT2D eigenvalue weighted by Gasteiger charge is 2.21. The van der Waals surface area contributed by atoms with E-state index in [1.165, 1.54) is 17.9 Å². The van der Waals surface area contributed by atoms with Gasteiger partial charge in [0.15, 0.2) is 11.5 Å². The predicted molar refractivity (Wildman–Crippen MR) is 109 cm³/mol. The van der Waals surface area contributed by atoms with E-state index in [1.807, 2.05) is 0 Å². The van der Waals surface area contributed by atoms with Crippen molar-refractivity contribution in [1.29, 1.82) is 0 Å². The van der Waals surface area contributed by atoms with Gasteiger partial charge >= 0.3 is 0 Å². The highest BCUT2D eigenvalue weighted by molar-refractivity contribution is 5.92. The zero-order valence-electron chi connectivity index (χ0n) is 17.0. The van der Waals surface area contributed by atoms with Crippen molar-refractivity contribution in [2.45, 2.75) is 25.3 Å². The van der Waals surface area contributed by atoms with Crippen LogP contribution >= 0.6 is 0 Å². The van der Waals surface area contributed by atoms with Crippen molar-refractivity contribution < 1.29 is 19.0 Å². The minimum absolute atomic E-state index is 0.0338. The first-order valence-corrected chi connectivity index (χ1v) is 9.29. The molecule has 1 aliphatic rings. The van der Waals surface area contributed by atoms with Gasteiger partial charge in [0, 0.05) is 25.2 Å². The molecule has 29 heavy (non-hydrogen) atoms. The van der Waals surface area contributed by atoms with Crippen LogP contribution < -0.4 is 25.1 Å². The Labute approximate surface area is 169 Å². The number of fused-ring (bicyclic) bond motifs is 1. The van der Waals surface area contributed by atoms with Gasteiger partial charge in [0.2, 0.25) is 11.7 Å². The third-order valence-corrected chi connectivity index (χ3v) is 4.91. The van der Waals surface area contributed by atoms with E-state index in [1.54, 1.807) is 45.5 Å². The fourth-order valence-electron chi connectivity index (χ4n) is 3.43. The lowest BCUT2D eigenvalue weighted by atomic mass is 9.92. The first-order valence-electron chi connectivity index (χ1n) is 9.29. The fraction of sp³-hybridized carbons (Fsp3) is 0.381.